The van der Waals surface area contributed by atoms with E-state index in [2.05, 4.69) is 15.6 Å². The van der Waals surface area contributed by atoms with Gasteiger partial charge < -0.3 is 20.8 Å². The monoisotopic (exact) mass is 270 g/mol. The van der Waals surface area contributed by atoms with Crippen LogP contribution in [0, 0.1) is 10.1 Å². The molecule has 0 aromatic carbocycles. The van der Waals surface area contributed by atoms with Gasteiger partial charge in [0.1, 0.15) is 11.6 Å². The van der Waals surface area contributed by atoms with Crippen LogP contribution in [0.25, 0.3) is 0 Å². The summed E-state index contributed by atoms with van der Waals surface area (Å²) in [6, 6.07) is 2.56. The van der Waals surface area contributed by atoms with Crippen molar-refractivity contribution in [1.29, 1.82) is 0 Å². The van der Waals surface area contributed by atoms with E-state index in [0.29, 0.717) is 12.2 Å². The second kappa shape index (κ2) is 6.30. The number of hydrogen-bond donors (Lipinski definition) is 4. The molecule has 106 valence electrons. The van der Waals surface area contributed by atoms with Crippen molar-refractivity contribution in [2.24, 2.45) is 0 Å². The van der Waals surface area contributed by atoms with Gasteiger partial charge in [0.2, 0.25) is 0 Å². The molecule has 8 nitrogen and oxygen atoms in total. The fraction of sp³-hybridized carbons (Fsp3) is 0.545. The van der Waals surface area contributed by atoms with Crippen molar-refractivity contribution in [3.05, 3.63) is 22.2 Å². The number of nitro groups is 1. The molecule has 0 saturated carbocycles. The van der Waals surface area contributed by atoms with E-state index in [0.717, 1.165) is 0 Å². The van der Waals surface area contributed by atoms with E-state index in [1.165, 1.54) is 12.1 Å². The second-order valence-corrected chi connectivity index (χ2v) is 4.18. The number of aliphatic hydroxyl groups is 2. The Hall–Kier alpha value is -1.93. The predicted octanol–water partition coefficient (Wildman–Crippen LogP) is 0.577. The van der Waals surface area contributed by atoms with E-state index in [1.54, 1.807) is 14.0 Å². The van der Waals surface area contributed by atoms with Gasteiger partial charge in [-0.25, -0.2) is 4.98 Å². The first-order valence-electron chi connectivity index (χ1n) is 5.84. The van der Waals surface area contributed by atoms with Crippen LogP contribution in [0.2, 0.25) is 0 Å². The Morgan fingerprint density at radius 1 is 1.37 bits per heavy atom. The van der Waals surface area contributed by atoms with Gasteiger partial charge in [-0.2, -0.15) is 0 Å². The summed E-state index contributed by atoms with van der Waals surface area (Å²) in [6.07, 6.45) is 0.444. The SMILES string of the molecule is CCC(CO)(CO)Nc1cc([N+](=O)[O-])cc(NC)n1. The molecule has 0 fully saturated rings. The van der Waals surface area contributed by atoms with E-state index >= 15 is 0 Å². The second-order valence-electron chi connectivity index (χ2n) is 4.18. The van der Waals surface area contributed by atoms with Crippen molar-refractivity contribution in [2.75, 3.05) is 30.9 Å². The van der Waals surface area contributed by atoms with Gasteiger partial charge in [-0.1, -0.05) is 6.92 Å². The van der Waals surface area contributed by atoms with Crippen LogP contribution in [0.5, 0.6) is 0 Å². The Labute approximate surface area is 110 Å². The Morgan fingerprint density at radius 3 is 2.37 bits per heavy atom. The maximum Gasteiger partial charge on any atom is 0.276 e. The summed E-state index contributed by atoms with van der Waals surface area (Å²) in [5, 5.41) is 35.1. The van der Waals surface area contributed by atoms with E-state index in [-0.39, 0.29) is 24.7 Å². The number of aliphatic hydroxyl groups excluding tert-OH is 2. The highest BCUT2D eigenvalue weighted by Gasteiger charge is 2.27. The summed E-state index contributed by atoms with van der Waals surface area (Å²) in [5.41, 5.74) is -1.07. The van der Waals surface area contributed by atoms with Crippen molar-refractivity contribution in [1.82, 2.24) is 4.98 Å². The number of hydrogen-bond acceptors (Lipinski definition) is 7. The number of aromatic nitrogens is 1. The lowest BCUT2D eigenvalue weighted by Gasteiger charge is -2.30. The Bertz CT molecular complexity index is 440. The standard InChI is InChI=1S/C11H18N4O4/c1-3-11(6-16,7-17)14-10-5-8(15(18)19)4-9(12-2)13-10/h4-5,16-17H,3,6-7H2,1-2H3,(H2,12,13,14). The van der Waals surface area contributed by atoms with Gasteiger partial charge in [0.15, 0.2) is 0 Å². The van der Waals surface area contributed by atoms with Crippen molar-refractivity contribution in [2.45, 2.75) is 18.9 Å². The van der Waals surface area contributed by atoms with E-state index < -0.39 is 10.5 Å². The molecular weight excluding hydrogens is 252 g/mol. The van der Waals surface area contributed by atoms with Crippen LogP contribution in [0.3, 0.4) is 0 Å². The maximum absolute atomic E-state index is 10.8. The minimum absolute atomic E-state index is 0.122. The highest BCUT2D eigenvalue weighted by atomic mass is 16.6. The molecule has 0 amide bonds. The molecule has 1 aromatic rings. The Morgan fingerprint density at radius 2 is 1.95 bits per heavy atom. The molecule has 0 radical (unpaired) electrons. The van der Waals surface area contributed by atoms with Crippen LogP contribution < -0.4 is 10.6 Å². The highest BCUT2D eigenvalue weighted by Crippen LogP contribution is 2.23. The Balaban J connectivity index is 3.12. The zero-order valence-electron chi connectivity index (χ0n) is 10.9. The third-order valence-corrected chi connectivity index (χ3v) is 2.95. The van der Waals surface area contributed by atoms with Crippen LogP contribution >= 0.6 is 0 Å². The van der Waals surface area contributed by atoms with Crippen LogP contribution in [0.4, 0.5) is 17.3 Å². The summed E-state index contributed by atoms with van der Waals surface area (Å²) < 4.78 is 0. The molecule has 0 aliphatic heterocycles. The molecule has 4 N–H and O–H groups in total. The average Bonchev–Trinajstić information content (AvgIpc) is 2.44. The third kappa shape index (κ3) is 3.52. The molecule has 1 rings (SSSR count). The first kappa shape index (κ1) is 15.1. The van der Waals surface area contributed by atoms with Crippen LogP contribution in [0.1, 0.15) is 13.3 Å². The largest absolute Gasteiger partial charge is 0.394 e. The lowest BCUT2D eigenvalue weighted by Crippen LogP contribution is -2.45. The summed E-state index contributed by atoms with van der Waals surface area (Å²) in [5.74, 6) is 0.557. The zero-order valence-corrected chi connectivity index (χ0v) is 10.9. The molecule has 0 unspecified atom stereocenters. The summed E-state index contributed by atoms with van der Waals surface area (Å²) in [6.45, 7) is 1.17. The lowest BCUT2D eigenvalue weighted by molar-refractivity contribution is -0.384. The van der Waals surface area contributed by atoms with Crippen molar-refractivity contribution < 1.29 is 15.1 Å². The van der Waals surface area contributed by atoms with Gasteiger partial charge in [-0.15, -0.1) is 0 Å². The highest BCUT2D eigenvalue weighted by molar-refractivity contribution is 5.55. The number of nitrogens with zero attached hydrogens (tertiary/aromatic N) is 2. The minimum Gasteiger partial charge on any atom is -0.394 e. The first-order chi connectivity index (χ1) is 9.00. The van der Waals surface area contributed by atoms with Crippen LogP contribution in [-0.2, 0) is 0 Å². The summed E-state index contributed by atoms with van der Waals surface area (Å²) in [4.78, 5) is 14.4. The van der Waals surface area contributed by atoms with Gasteiger partial charge in [-0.05, 0) is 6.42 Å². The molecule has 0 atom stereocenters. The predicted molar refractivity (Wildman–Crippen MR) is 71.3 cm³/mol. The molecular formula is C11H18N4O4. The lowest BCUT2D eigenvalue weighted by atomic mass is 9.98. The zero-order chi connectivity index (χ0) is 14.5. The molecule has 0 aliphatic carbocycles. The number of anilines is 2. The van der Waals surface area contributed by atoms with Crippen molar-refractivity contribution in [3.63, 3.8) is 0 Å². The average molecular weight is 270 g/mol. The van der Waals surface area contributed by atoms with E-state index in [1.807, 2.05) is 0 Å². The molecule has 0 aliphatic rings. The van der Waals surface area contributed by atoms with Gasteiger partial charge in [0.25, 0.3) is 5.69 Å². The molecule has 0 saturated heterocycles. The third-order valence-electron chi connectivity index (χ3n) is 2.95. The van der Waals surface area contributed by atoms with Gasteiger partial charge in [-0.3, -0.25) is 10.1 Å². The number of nitrogens with one attached hydrogen (secondary N) is 2. The number of pyridine rings is 1. The van der Waals surface area contributed by atoms with Gasteiger partial charge in [0.05, 0.1) is 35.8 Å². The van der Waals surface area contributed by atoms with Gasteiger partial charge >= 0.3 is 0 Å². The molecule has 0 bridgehead atoms. The van der Waals surface area contributed by atoms with Crippen LogP contribution in [0.15, 0.2) is 12.1 Å². The minimum atomic E-state index is -0.951. The van der Waals surface area contributed by atoms with Crippen molar-refractivity contribution >= 4 is 17.3 Å². The van der Waals surface area contributed by atoms with E-state index in [4.69, 9.17) is 0 Å². The smallest absolute Gasteiger partial charge is 0.276 e. The topological polar surface area (TPSA) is 121 Å². The van der Waals surface area contributed by atoms with E-state index in [9.17, 15) is 20.3 Å². The van der Waals surface area contributed by atoms with Crippen molar-refractivity contribution in [3.8, 4) is 0 Å². The molecule has 1 aromatic heterocycles. The Kier molecular flexibility index (Phi) is 5.02. The fourth-order valence-electron chi connectivity index (χ4n) is 1.53. The maximum atomic E-state index is 10.8. The molecule has 8 heteroatoms. The number of rotatable bonds is 7. The molecule has 19 heavy (non-hydrogen) atoms. The van der Waals surface area contributed by atoms with Crippen LogP contribution in [-0.4, -0.2) is 45.9 Å². The fourth-order valence-corrected chi connectivity index (χ4v) is 1.53. The summed E-state index contributed by atoms with van der Waals surface area (Å²) in [7, 11) is 1.60. The van der Waals surface area contributed by atoms with Gasteiger partial charge in [0, 0.05) is 7.05 Å². The summed E-state index contributed by atoms with van der Waals surface area (Å²) >= 11 is 0. The molecule has 1 heterocycles. The quantitative estimate of drug-likeness (QED) is 0.422. The first-order valence-corrected chi connectivity index (χ1v) is 5.84. The normalized spacial score (nSPS) is 11.2. The molecule has 0 spiro atoms.